The Morgan fingerprint density at radius 3 is 2.58 bits per heavy atom. The van der Waals surface area contributed by atoms with Crippen LogP contribution in [0.2, 0.25) is 10.0 Å². The maximum atomic E-state index is 13.9. The van der Waals surface area contributed by atoms with Crippen LogP contribution in [0.4, 0.5) is 4.39 Å². The van der Waals surface area contributed by atoms with E-state index in [1.165, 1.54) is 25.3 Å². The van der Waals surface area contributed by atoms with Crippen LogP contribution < -0.4 is 4.74 Å². The summed E-state index contributed by atoms with van der Waals surface area (Å²) in [5, 5.41) is 10.7. The minimum Gasteiger partial charge on any atom is -0.496 e. The molecule has 1 N–H and O–H groups in total. The van der Waals surface area contributed by atoms with Crippen LogP contribution in [0.3, 0.4) is 0 Å². The Kier molecular flexibility index (Phi) is 4.30. The van der Waals surface area contributed by atoms with Gasteiger partial charge < -0.3 is 9.84 Å². The lowest BCUT2D eigenvalue weighted by molar-refractivity contribution is 0.209. The minimum atomic E-state index is -1.20. The van der Waals surface area contributed by atoms with Crippen molar-refractivity contribution >= 4 is 23.2 Å². The molecule has 5 heteroatoms. The highest BCUT2D eigenvalue weighted by atomic mass is 35.5. The van der Waals surface area contributed by atoms with E-state index in [1.54, 1.807) is 18.2 Å². The van der Waals surface area contributed by atoms with Gasteiger partial charge in [0, 0.05) is 16.1 Å². The minimum absolute atomic E-state index is 0.0439. The average Bonchev–Trinajstić information content (AvgIpc) is 2.41. The lowest BCUT2D eigenvalue weighted by Crippen LogP contribution is -2.05. The predicted molar refractivity (Wildman–Crippen MR) is 73.5 cm³/mol. The van der Waals surface area contributed by atoms with Gasteiger partial charge in [-0.25, -0.2) is 4.39 Å². The van der Waals surface area contributed by atoms with Crippen LogP contribution in [0.1, 0.15) is 17.2 Å². The smallest absolute Gasteiger partial charge is 0.147 e. The molecule has 0 spiro atoms. The molecule has 0 aromatic heterocycles. The van der Waals surface area contributed by atoms with Gasteiger partial charge in [-0.05, 0) is 24.3 Å². The molecule has 0 fully saturated rings. The molecule has 0 heterocycles. The van der Waals surface area contributed by atoms with Crippen LogP contribution >= 0.6 is 23.2 Å². The Hall–Kier alpha value is -1.29. The number of rotatable bonds is 3. The molecule has 2 aromatic carbocycles. The second-order valence-electron chi connectivity index (χ2n) is 3.93. The van der Waals surface area contributed by atoms with E-state index < -0.39 is 11.9 Å². The first-order valence-corrected chi connectivity index (χ1v) is 6.25. The van der Waals surface area contributed by atoms with Gasteiger partial charge in [0.15, 0.2) is 0 Å². The summed E-state index contributed by atoms with van der Waals surface area (Å²) in [5.74, 6) is -0.227. The first-order valence-electron chi connectivity index (χ1n) is 5.50. The van der Waals surface area contributed by atoms with Crippen molar-refractivity contribution in [3.63, 3.8) is 0 Å². The van der Waals surface area contributed by atoms with Crippen molar-refractivity contribution in [1.82, 2.24) is 0 Å². The molecule has 100 valence electrons. The number of benzene rings is 2. The largest absolute Gasteiger partial charge is 0.496 e. The van der Waals surface area contributed by atoms with Crippen molar-refractivity contribution in [2.45, 2.75) is 6.10 Å². The Morgan fingerprint density at radius 2 is 1.89 bits per heavy atom. The Bertz CT molecular complexity index is 602. The lowest BCUT2D eigenvalue weighted by atomic mass is 10.00. The highest BCUT2D eigenvalue weighted by Crippen LogP contribution is 2.34. The molecule has 0 radical (unpaired) electrons. The van der Waals surface area contributed by atoms with Crippen LogP contribution in [-0.4, -0.2) is 12.2 Å². The molecule has 2 rings (SSSR count). The van der Waals surface area contributed by atoms with Crippen LogP contribution in [-0.2, 0) is 0 Å². The molecule has 0 saturated heterocycles. The average molecular weight is 301 g/mol. The molecular weight excluding hydrogens is 290 g/mol. The van der Waals surface area contributed by atoms with Gasteiger partial charge in [0.2, 0.25) is 0 Å². The summed E-state index contributed by atoms with van der Waals surface area (Å²) < 4.78 is 19.0. The van der Waals surface area contributed by atoms with Crippen molar-refractivity contribution in [3.8, 4) is 5.75 Å². The standard InChI is InChI=1S/C14H11Cl2FO2/c1-19-12-6-5-8(15)7-10(12)14(18)9-3-2-4-11(16)13(9)17/h2-7,14,18H,1H3. The summed E-state index contributed by atoms with van der Waals surface area (Å²) in [6.45, 7) is 0. The predicted octanol–water partition coefficient (Wildman–Crippen LogP) is 4.22. The van der Waals surface area contributed by atoms with Gasteiger partial charge in [0.05, 0.1) is 12.1 Å². The van der Waals surface area contributed by atoms with Gasteiger partial charge in [-0.2, -0.15) is 0 Å². The van der Waals surface area contributed by atoms with Gasteiger partial charge in [-0.15, -0.1) is 0 Å². The number of ether oxygens (including phenoxy) is 1. The fraction of sp³-hybridized carbons (Fsp3) is 0.143. The first kappa shape index (κ1) is 14.1. The van der Waals surface area contributed by atoms with Crippen molar-refractivity contribution in [1.29, 1.82) is 0 Å². The van der Waals surface area contributed by atoms with Crippen molar-refractivity contribution in [2.75, 3.05) is 7.11 Å². The van der Waals surface area contributed by atoms with Crippen LogP contribution in [0.5, 0.6) is 5.75 Å². The van der Waals surface area contributed by atoms with E-state index in [4.69, 9.17) is 27.9 Å². The topological polar surface area (TPSA) is 29.5 Å². The quantitative estimate of drug-likeness (QED) is 0.919. The van der Waals surface area contributed by atoms with E-state index in [-0.39, 0.29) is 10.6 Å². The van der Waals surface area contributed by atoms with Gasteiger partial charge in [-0.3, -0.25) is 0 Å². The molecule has 0 amide bonds. The highest BCUT2D eigenvalue weighted by Gasteiger charge is 2.20. The van der Waals surface area contributed by atoms with E-state index in [0.717, 1.165) is 0 Å². The second-order valence-corrected chi connectivity index (χ2v) is 4.78. The van der Waals surface area contributed by atoms with E-state index in [2.05, 4.69) is 0 Å². The van der Waals surface area contributed by atoms with Gasteiger partial charge >= 0.3 is 0 Å². The molecule has 0 aliphatic carbocycles. The van der Waals surface area contributed by atoms with Crippen molar-refractivity contribution in [3.05, 3.63) is 63.4 Å². The fourth-order valence-electron chi connectivity index (χ4n) is 1.82. The lowest BCUT2D eigenvalue weighted by Gasteiger charge is -2.16. The van der Waals surface area contributed by atoms with E-state index in [9.17, 15) is 9.50 Å². The third-order valence-electron chi connectivity index (χ3n) is 2.76. The number of aliphatic hydroxyl groups is 1. The molecule has 19 heavy (non-hydrogen) atoms. The molecule has 1 atom stereocenters. The molecule has 0 saturated carbocycles. The summed E-state index contributed by atoms with van der Waals surface area (Å²) in [6, 6.07) is 9.23. The molecule has 0 aliphatic heterocycles. The third kappa shape index (κ3) is 2.84. The molecular formula is C14H11Cl2FO2. The molecule has 2 nitrogen and oxygen atoms in total. The number of methoxy groups -OCH3 is 1. The third-order valence-corrected chi connectivity index (χ3v) is 3.29. The van der Waals surface area contributed by atoms with Crippen LogP contribution in [0, 0.1) is 5.82 Å². The number of hydrogen-bond acceptors (Lipinski definition) is 2. The summed E-state index contributed by atoms with van der Waals surface area (Å²) in [5.41, 5.74) is 0.462. The zero-order chi connectivity index (χ0) is 14.0. The van der Waals surface area contributed by atoms with E-state index >= 15 is 0 Å². The van der Waals surface area contributed by atoms with Gasteiger partial charge in [0.1, 0.15) is 17.7 Å². The maximum absolute atomic E-state index is 13.9. The van der Waals surface area contributed by atoms with Crippen LogP contribution in [0.15, 0.2) is 36.4 Å². The Labute approximate surface area is 120 Å². The molecule has 1 unspecified atom stereocenters. The number of aliphatic hydroxyl groups excluding tert-OH is 1. The summed E-state index contributed by atoms with van der Waals surface area (Å²) >= 11 is 11.6. The van der Waals surface area contributed by atoms with E-state index in [0.29, 0.717) is 16.3 Å². The first-order chi connectivity index (χ1) is 9.04. The summed E-state index contributed by atoms with van der Waals surface area (Å²) in [6.07, 6.45) is -1.20. The fourth-order valence-corrected chi connectivity index (χ4v) is 2.18. The normalized spacial score (nSPS) is 12.3. The molecule has 2 aromatic rings. The zero-order valence-electron chi connectivity index (χ0n) is 10.0. The van der Waals surface area contributed by atoms with E-state index in [1.807, 2.05) is 0 Å². The Balaban J connectivity index is 2.52. The zero-order valence-corrected chi connectivity index (χ0v) is 11.5. The molecule has 0 bridgehead atoms. The van der Waals surface area contributed by atoms with Gasteiger partial charge in [-0.1, -0.05) is 35.3 Å². The maximum Gasteiger partial charge on any atom is 0.147 e. The number of halogens is 3. The highest BCUT2D eigenvalue weighted by molar-refractivity contribution is 6.31. The monoisotopic (exact) mass is 300 g/mol. The number of hydrogen-bond donors (Lipinski definition) is 1. The van der Waals surface area contributed by atoms with Crippen LogP contribution in [0.25, 0.3) is 0 Å². The Morgan fingerprint density at radius 1 is 1.16 bits per heavy atom. The molecule has 0 aliphatic rings. The van der Waals surface area contributed by atoms with Crippen molar-refractivity contribution < 1.29 is 14.2 Å². The van der Waals surface area contributed by atoms with Crippen molar-refractivity contribution in [2.24, 2.45) is 0 Å². The second kappa shape index (κ2) is 5.78. The van der Waals surface area contributed by atoms with Gasteiger partial charge in [0.25, 0.3) is 0 Å². The SMILES string of the molecule is COc1ccc(Cl)cc1C(O)c1cccc(Cl)c1F. The summed E-state index contributed by atoms with van der Waals surface area (Å²) in [4.78, 5) is 0. The summed E-state index contributed by atoms with van der Waals surface area (Å²) in [7, 11) is 1.47.